The Morgan fingerprint density at radius 1 is 1.50 bits per heavy atom. The van der Waals surface area contributed by atoms with Crippen molar-refractivity contribution in [2.45, 2.75) is 0 Å². The van der Waals surface area contributed by atoms with Crippen LogP contribution in [-0.4, -0.2) is 5.70 Å². The molecule has 0 radical (unpaired) electrons. The van der Waals surface area contributed by atoms with E-state index in [1.807, 2.05) is 0 Å². The second-order valence-electron chi connectivity index (χ2n) is 0.340. The van der Waals surface area contributed by atoms with Crippen molar-refractivity contribution < 1.29 is 0 Å². The molecular weight excluding hydrogens is 392 g/mol. The molecular formula is H2BI3. The van der Waals surface area contributed by atoms with Gasteiger partial charge in [-0.2, -0.15) is 0 Å². The van der Waals surface area contributed by atoms with Crippen LogP contribution >= 0.6 is 48.9 Å². The Morgan fingerprint density at radius 3 is 1.50 bits per heavy atom. The SMILES string of the molecule is BI(I)I. The average Bonchev–Trinajstić information content (AvgIpc) is 0.811. The molecule has 0 heterocycles. The molecule has 0 spiro atoms. The van der Waals surface area contributed by atoms with Gasteiger partial charge in [0.15, 0.2) is 0 Å². The van der Waals surface area contributed by atoms with Crippen molar-refractivity contribution in [3.8, 4) is 0 Å². The van der Waals surface area contributed by atoms with Crippen LogP contribution in [0.4, 0.5) is 0 Å². The maximum absolute atomic E-state index is 2.49. The second kappa shape index (κ2) is 3.45. The summed E-state index contributed by atoms with van der Waals surface area (Å²) in [5.74, 6) is 0. The number of hydrogen-bond acceptors (Lipinski definition) is 0. The van der Waals surface area contributed by atoms with Crippen LogP contribution in [0.3, 0.4) is 0 Å². The quantitative estimate of drug-likeness (QED) is 0.435. The molecule has 26 valence electrons. The van der Waals surface area contributed by atoms with E-state index in [9.17, 15) is 0 Å². The molecule has 0 rings (SSSR count). The summed E-state index contributed by atoms with van der Waals surface area (Å²) in [4.78, 5) is 0. The maximum atomic E-state index is 2.49. The van der Waals surface area contributed by atoms with Gasteiger partial charge in [-0.1, -0.05) is 0 Å². The van der Waals surface area contributed by atoms with Gasteiger partial charge >= 0.3 is 54.6 Å². The summed E-state index contributed by atoms with van der Waals surface area (Å²) in [6.07, 6.45) is 0. The van der Waals surface area contributed by atoms with Crippen molar-refractivity contribution in [2.75, 3.05) is 0 Å². The minimum absolute atomic E-state index is 0.323. The second-order valence-corrected chi connectivity index (χ2v) is 29.2. The first-order chi connectivity index (χ1) is 1.73. The molecule has 4 heavy (non-hydrogen) atoms. The van der Waals surface area contributed by atoms with Crippen molar-refractivity contribution in [3.63, 3.8) is 0 Å². The summed E-state index contributed by atoms with van der Waals surface area (Å²) >= 11 is 4.65. The Morgan fingerprint density at radius 2 is 1.50 bits per heavy atom. The Hall–Kier alpha value is 2.25. The fraction of sp³-hybridized carbons (Fsp3) is 0. The van der Waals surface area contributed by atoms with Gasteiger partial charge in [0, 0.05) is 0 Å². The molecule has 0 aromatic carbocycles. The molecule has 0 atom stereocenters. The first kappa shape index (κ1) is 6.25. The average molecular weight is 394 g/mol. The van der Waals surface area contributed by atoms with E-state index in [2.05, 4.69) is 42.9 Å². The molecule has 0 aliphatic heterocycles. The van der Waals surface area contributed by atoms with Crippen LogP contribution in [0.25, 0.3) is 0 Å². The van der Waals surface area contributed by atoms with E-state index < -0.39 is 0 Å². The van der Waals surface area contributed by atoms with Crippen molar-refractivity contribution in [3.05, 3.63) is 0 Å². The molecule has 0 saturated heterocycles. The van der Waals surface area contributed by atoms with Crippen molar-refractivity contribution in [2.24, 2.45) is 0 Å². The molecule has 0 aliphatic carbocycles. The van der Waals surface area contributed by atoms with E-state index in [0.29, 0.717) is 0 Å². The molecule has 0 bridgehead atoms. The summed E-state index contributed by atoms with van der Waals surface area (Å²) < 4.78 is 0. The van der Waals surface area contributed by atoms with Gasteiger partial charge in [0.05, 0.1) is 0 Å². The van der Waals surface area contributed by atoms with E-state index in [1.165, 1.54) is 0 Å². The van der Waals surface area contributed by atoms with Crippen LogP contribution in [0.2, 0.25) is 0 Å². The van der Waals surface area contributed by atoms with Gasteiger partial charge < -0.3 is 0 Å². The molecule has 0 amide bonds. The van der Waals surface area contributed by atoms with Crippen LogP contribution < -0.4 is 0 Å². The fourth-order valence-corrected chi connectivity index (χ4v) is 0. The van der Waals surface area contributed by atoms with E-state index in [1.54, 1.807) is 0 Å². The van der Waals surface area contributed by atoms with Crippen LogP contribution in [0.1, 0.15) is 0 Å². The number of rotatable bonds is 0. The minimum atomic E-state index is -0.323. The predicted octanol–water partition coefficient (Wildman–Crippen LogP) is 1.74. The Labute approximate surface area is 53.4 Å². The summed E-state index contributed by atoms with van der Waals surface area (Å²) in [5, 5.41) is 0. The molecule has 0 unspecified atom stereocenters. The molecule has 0 aliphatic rings. The molecule has 0 aromatic heterocycles. The zero-order valence-electron chi connectivity index (χ0n) is 2.13. The van der Waals surface area contributed by atoms with E-state index in [0.717, 1.165) is 0 Å². The monoisotopic (exact) mass is 394 g/mol. The third-order valence-corrected chi connectivity index (χ3v) is 0. The third kappa shape index (κ3) is 8.87. The van der Waals surface area contributed by atoms with Crippen molar-refractivity contribution >= 4 is 54.6 Å². The van der Waals surface area contributed by atoms with E-state index in [-0.39, 0.29) is 11.7 Å². The standard InChI is InChI=1S/BH2I3/c1-4(2)3/h1H2. The molecule has 4 heteroatoms. The molecule has 0 nitrogen and oxygen atoms in total. The Bertz CT molecular complexity index is 8.00. The van der Waals surface area contributed by atoms with Gasteiger partial charge in [-0.15, -0.1) is 0 Å². The van der Waals surface area contributed by atoms with Gasteiger partial charge in [0.2, 0.25) is 0 Å². The molecule has 0 saturated carbocycles. The van der Waals surface area contributed by atoms with Gasteiger partial charge in [-0.25, -0.2) is 0 Å². The van der Waals surface area contributed by atoms with Crippen LogP contribution in [0.5, 0.6) is 0 Å². The summed E-state index contributed by atoms with van der Waals surface area (Å²) in [7, 11) is 0. The summed E-state index contributed by atoms with van der Waals surface area (Å²) in [6, 6.07) is 0. The van der Waals surface area contributed by atoms with Crippen LogP contribution in [0.15, 0.2) is 0 Å². The van der Waals surface area contributed by atoms with Gasteiger partial charge in [-0.05, 0) is 0 Å². The molecule has 0 N–H and O–H groups in total. The van der Waals surface area contributed by atoms with Gasteiger partial charge in [0.25, 0.3) is 0 Å². The fourth-order valence-electron chi connectivity index (χ4n) is 0. The Kier molecular flexibility index (Phi) is 5.39. The Balaban J connectivity index is 2.32. The summed E-state index contributed by atoms with van der Waals surface area (Å²) in [5.41, 5.74) is 2.30. The van der Waals surface area contributed by atoms with Crippen molar-refractivity contribution in [1.82, 2.24) is 0 Å². The molecule has 0 fully saturated rings. The van der Waals surface area contributed by atoms with Crippen LogP contribution in [-0.2, 0) is 0 Å². The molecule has 0 aromatic rings. The first-order valence-corrected chi connectivity index (χ1v) is 15.4. The van der Waals surface area contributed by atoms with E-state index in [4.69, 9.17) is 0 Å². The number of halogens is 3. The first-order valence-electron chi connectivity index (χ1n) is 0.664. The predicted molar refractivity (Wildman–Crippen MR) is 50.6 cm³/mol. The topological polar surface area (TPSA) is 0 Å². The summed E-state index contributed by atoms with van der Waals surface area (Å²) in [6.45, 7) is 0. The van der Waals surface area contributed by atoms with Gasteiger partial charge in [0.1, 0.15) is 0 Å². The van der Waals surface area contributed by atoms with E-state index >= 15 is 0 Å². The zero-order chi connectivity index (χ0) is 3.58. The third-order valence-electron chi connectivity index (χ3n) is 0. The zero-order valence-corrected chi connectivity index (χ0v) is 8.61. The number of hydrogen-bond donors (Lipinski definition) is 0. The van der Waals surface area contributed by atoms with Crippen molar-refractivity contribution in [1.29, 1.82) is 0 Å². The van der Waals surface area contributed by atoms with Crippen LogP contribution in [0, 0.1) is 0 Å². The van der Waals surface area contributed by atoms with Gasteiger partial charge in [-0.3, -0.25) is 0 Å². The normalized spacial score (nSPS) is 11.0.